The summed E-state index contributed by atoms with van der Waals surface area (Å²) in [7, 11) is 1.73. The molecule has 96 valence electrons. The Balaban J connectivity index is 2.00. The molecular weight excluding hydrogens is 216 g/mol. The molecule has 0 spiro atoms. The Hall–Kier alpha value is -0.870. The van der Waals surface area contributed by atoms with Gasteiger partial charge in [0.2, 0.25) is 0 Å². The van der Waals surface area contributed by atoms with Gasteiger partial charge in [-0.2, -0.15) is 5.10 Å². The molecule has 1 fully saturated rings. The minimum absolute atomic E-state index is 0.204. The monoisotopic (exact) mass is 238 g/mol. The zero-order valence-corrected chi connectivity index (χ0v) is 10.7. The van der Waals surface area contributed by atoms with E-state index in [9.17, 15) is 5.11 Å². The first kappa shape index (κ1) is 12.6. The van der Waals surface area contributed by atoms with Gasteiger partial charge in [-0.15, -0.1) is 0 Å². The molecule has 1 saturated carbocycles. The summed E-state index contributed by atoms with van der Waals surface area (Å²) in [5.74, 6) is 0. The highest BCUT2D eigenvalue weighted by Crippen LogP contribution is 2.32. The van der Waals surface area contributed by atoms with Gasteiger partial charge in [0.15, 0.2) is 0 Å². The number of nitrogens with zero attached hydrogens (tertiary/aromatic N) is 2. The number of methoxy groups -OCH3 is 1. The third-order valence-corrected chi connectivity index (χ3v) is 3.65. The van der Waals surface area contributed by atoms with Crippen LogP contribution in [0.5, 0.6) is 0 Å². The van der Waals surface area contributed by atoms with Gasteiger partial charge in [-0.05, 0) is 31.7 Å². The summed E-state index contributed by atoms with van der Waals surface area (Å²) >= 11 is 0. The lowest BCUT2D eigenvalue weighted by molar-refractivity contribution is -0.0581. The van der Waals surface area contributed by atoms with Crippen molar-refractivity contribution in [2.75, 3.05) is 7.11 Å². The van der Waals surface area contributed by atoms with E-state index in [4.69, 9.17) is 4.74 Å². The number of aromatic nitrogens is 2. The second-order valence-electron chi connectivity index (χ2n) is 5.06. The maximum atomic E-state index is 10.6. The molecule has 17 heavy (non-hydrogen) atoms. The average molecular weight is 238 g/mol. The lowest BCUT2D eigenvalue weighted by Crippen LogP contribution is -2.40. The zero-order chi connectivity index (χ0) is 12.3. The van der Waals surface area contributed by atoms with E-state index < -0.39 is 5.60 Å². The molecule has 1 aromatic heterocycles. The quantitative estimate of drug-likeness (QED) is 0.869. The van der Waals surface area contributed by atoms with Gasteiger partial charge in [0.1, 0.15) is 0 Å². The first-order valence-corrected chi connectivity index (χ1v) is 6.42. The van der Waals surface area contributed by atoms with Gasteiger partial charge in [0, 0.05) is 32.7 Å². The fraction of sp³-hybridized carbons (Fsp3) is 0.769. The van der Waals surface area contributed by atoms with Gasteiger partial charge in [-0.25, -0.2) is 0 Å². The molecule has 1 heterocycles. The Kier molecular flexibility index (Phi) is 3.84. The van der Waals surface area contributed by atoms with Crippen LogP contribution in [0.25, 0.3) is 0 Å². The predicted octanol–water partition coefficient (Wildman–Crippen LogP) is 1.77. The van der Waals surface area contributed by atoms with Crippen LogP contribution in [0, 0.1) is 0 Å². The van der Waals surface area contributed by atoms with E-state index in [-0.39, 0.29) is 6.10 Å². The molecule has 1 aliphatic rings. The summed E-state index contributed by atoms with van der Waals surface area (Å²) in [6.07, 6.45) is 8.48. The average Bonchev–Trinajstić information content (AvgIpc) is 2.76. The lowest BCUT2D eigenvalue weighted by atomic mass is 9.79. The Bertz CT molecular complexity index is 364. The van der Waals surface area contributed by atoms with Crippen LogP contribution in [-0.4, -0.2) is 33.7 Å². The Morgan fingerprint density at radius 3 is 3.12 bits per heavy atom. The fourth-order valence-electron chi connectivity index (χ4n) is 2.70. The van der Waals surface area contributed by atoms with E-state index in [2.05, 4.69) is 12.0 Å². The highest BCUT2D eigenvalue weighted by molar-refractivity contribution is 5.09. The van der Waals surface area contributed by atoms with E-state index >= 15 is 0 Å². The summed E-state index contributed by atoms with van der Waals surface area (Å²) in [5.41, 5.74) is 0.506. The Morgan fingerprint density at radius 2 is 2.47 bits per heavy atom. The first-order chi connectivity index (χ1) is 8.15. The van der Waals surface area contributed by atoms with Crippen LogP contribution < -0.4 is 0 Å². The molecule has 2 unspecified atom stereocenters. The van der Waals surface area contributed by atoms with Gasteiger partial charge < -0.3 is 9.84 Å². The molecule has 0 amide bonds. The summed E-state index contributed by atoms with van der Waals surface area (Å²) < 4.78 is 7.27. The molecule has 0 saturated heterocycles. The van der Waals surface area contributed by atoms with Crippen LogP contribution in [0.15, 0.2) is 12.4 Å². The number of hydrogen-bond acceptors (Lipinski definition) is 3. The first-order valence-electron chi connectivity index (χ1n) is 6.42. The van der Waals surface area contributed by atoms with Crippen molar-refractivity contribution in [3.05, 3.63) is 18.0 Å². The molecule has 1 aliphatic carbocycles. The molecule has 4 heteroatoms. The van der Waals surface area contributed by atoms with Crippen molar-refractivity contribution in [2.24, 2.45) is 0 Å². The van der Waals surface area contributed by atoms with Crippen molar-refractivity contribution in [1.82, 2.24) is 9.78 Å². The molecule has 0 radical (unpaired) electrons. The number of hydrogen-bond donors (Lipinski definition) is 1. The van der Waals surface area contributed by atoms with Crippen LogP contribution in [-0.2, 0) is 17.7 Å². The molecule has 1 aromatic rings. The van der Waals surface area contributed by atoms with Crippen molar-refractivity contribution < 1.29 is 9.84 Å². The molecule has 0 aromatic carbocycles. The maximum Gasteiger partial charge on any atom is 0.0713 e. The number of aryl methyl sites for hydroxylation is 1. The maximum absolute atomic E-state index is 10.6. The van der Waals surface area contributed by atoms with Crippen LogP contribution >= 0.6 is 0 Å². The second-order valence-corrected chi connectivity index (χ2v) is 5.06. The summed E-state index contributed by atoms with van der Waals surface area (Å²) in [5, 5.41) is 14.8. The normalized spacial score (nSPS) is 29.5. The molecular formula is C13H22N2O2. The van der Waals surface area contributed by atoms with Gasteiger partial charge in [0.25, 0.3) is 0 Å². The molecule has 0 bridgehead atoms. The number of aliphatic hydroxyl groups is 1. The standard InChI is InChI=1S/C13H22N2O2/c1-3-15-10-11(9-14-15)7-13(16)6-4-5-12(8-13)17-2/h9-10,12,16H,3-8H2,1-2H3. The third kappa shape index (κ3) is 3.07. The topological polar surface area (TPSA) is 47.3 Å². The van der Waals surface area contributed by atoms with Gasteiger partial charge in [0.05, 0.1) is 17.9 Å². The summed E-state index contributed by atoms with van der Waals surface area (Å²) in [6.45, 7) is 2.94. The smallest absolute Gasteiger partial charge is 0.0713 e. The molecule has 0 aliphatic heterocycles. The summed E-state index contributed by atoms with van der Waals surface area (Å²) in [6, 6.07) is 0. The molecule has 1 N–H and O–H groups in total. The number of rotatable bonds is 4. The molecule has 2 rings (SSSR count). The zero-order valence-electron chi connectivity index (χ0n) is 10.7. The van der Waals surface area contributed by atoms with Gasteiger partial charge in [-0.1, -0.05) is 0 Å². The number of ether oxygens (including phenoxy) is 1. The Morgan fingerprint density at radius 1 is 1.65 bits per heavy atom. The van der Waals surface area contributed by atoms with Crippen LogP contribution in [0.4, 0.5) is 0 Å². The van der Waals surface area contributed by atoms with E-state index in [1.165, 1.54) is 0 Å². The van der Waals surface area contributed by atoms with Crippen molar-refractivity contribution in [3.63, 3.8) is 0 Å². The minimum atomic E-state index is -0.611. The van der Waals surface area contributed by atoms with Crippen LogP contribution in [0.1, 0.15) is 38.2 Å². The van der Waals surface area contributed by atoms with Gasteiger partial charge in [-0.3, -0.25) is 4.68 Å². The van der Waals surface area contributed by atoms with E-state index in [0.29, 0.717) is 6.42 Å². The van der Waals surface area contributed by atoms with Crippen LogP contribution in [0.3, 0.4) is 0 Å². The highest BCUT2D eigenvalue weighted by Gasteiger charge is 2.34. The van der Waals surface area contributed by atoms with E-state index in [0.717, 1.165) is 37.8 Å². The lowest BCUT2D eigenvalue weighted by Gasteiger charge is -2.36. The SMILES string of the molecule is CCn1cc(CC2(O)CCCC(OC)C2)cn1. The molecule has 2 atom stereocenters. The fourth-order valence-corrected chi connectivity index (χ4v) is 2.70. The van der Waals surface area contributed by atoms with E-state index in [1.807, 2.05) is 17.1 Å². The largest absolute Gasteiger partial charge is 0.389 e. The highest BCUT2D eigenvalue weighted by atomic mass is 16.5. The van der Waals surface area contributed by atoms with Crippen LogP contribution in [0.2, 0.25) is 0 Å². The second kappa shape index (κ2) is 5.19. The van der Waals surface area contributed by atoms with Crippen molar-refractivity contribution in [3.8, 4) is 0 Å². The van der Waals surface area contributed by atoms with Crippen molar-refractivity contribution in [2.45, 2.75) is 57.3 Å². The third-order valence-electron chi connectivity index (χ3n) is 3.65. The van der Waals surface area contributed by atoms with Crippen molar-refractivity contribution >= 4 is 0 Å². The van der Waals surface area contributed by atoms with Gasteiger partial charge >= 0.3 is 0 Å². The predicted molar refractivity (Wildman–Crippen MR) is 65.8 cm³/mol. The van der Waals surface area contributed by atoms with E-state index in [1.54, 1.807) is 7.11 Å². The minimum Gasteiger partial charge on any atom is -0.389 e. The Labute approximate surface area is 103 Å². The van der Waals surface area contributed by atoms with Crippen molar-refractivity contribution in [1.29, 1.82) is 0 Å². The summed E-state index contributed by atoms with van der Waals surface area (Å²) in [4.78, 5) is 0. The molecule has 4 nitrogen and oxygen atoms in total.